The Balaban J connectivity index is 1.81. The normalized spacial score (nSPS) is 12.8. The van der Waals surface area contributed by atoms with Crippen LogP contribution in [0.1, 0.15) is 28.5 Å². The van der Waals surface area contributed by atoms with Crippen LogP contribution in [0.4, 0.5) is 0 Å². The number of aliphatic hydroxyl groups is 1. The van der Waals surface area contributed by atoms with Gasteiger partial charge in [0.05, 0.1) is 6.10 Å². The first-order valence-electron chi connectivity index (χ1n) is 6.61. The zero-order chi connectivity index (χ0) is 13.7. The molecule has 0 aliphatic heterocycles. The predicted octanol–water partition coefficient (Wildman–Crippen LogP) is 3.61. The Hall–Kier alpha value is -1.16. The van der Waals surface area contributed by atoms with Crippen LogP contribution in [0.3, 0.4) is 0 Å². The molecule has 0 aliphatic rings. The fourth-order valence-electron chi connectivity index (χ4n) is 2.07. The third kappa shape index (κ3) is 4.16. The van der Waals surface area contributed by atoms with Crippen LogP contribution in [0.25, 0.3) is 0 Å². The molecule has 1 atom stereocenters. The summed E-state index contributed by atoms with van der Waals surface area (Å²) in [6, 6.07) is 12.0. The molecule has 0 bridgehead atoms. The van der Waals surface area contributed by atoms with Crippen LogP contribution in [0.2, 0.25) is 0 Å². The summed E-state index contributed by atoms with van der Waals surface area (Å²) in [6.45, 7) is 4.01. The van der Waals surface area contributed by atoms with Crippen molar-refractivity contribution in [2.45, 2.75) is 26.0 Å². The molecule has 1 aromatic carbocycles. The molecule has 2 nitrogen and oxygen atoms in total. The summed E-state index contributed by atoms with van der Waals surface area (Å²) in [5.41, 5.74) is 2.36. The average molecular weight is 275 g/mol. The van der Waals surface area contributed by atoms with E-state index < -0.39 is 0 Å². The highest BCUT2D eigenvalue weighted by atomic mass is 32.1. The maximum absolute atomic E-state index is 10.1. The second-order valence-corrected chi connectivity index (χ2v) is 5.98. The van der Waals surface area contributed by atoms with Crippen LogP contribution < -0.4 is 0 Å². The summed E-state index contributed by atoms with van der Waals surface area (Å²) in [5, 5.41) is 12.3. The van der Waals surface area contributed by atoms with E-state index in [-0.39, 0.29) is 6.10 Å². The molecule has 19 heavy (non-hydrogen) atoms. The number of aliphatic hydroxyl groups excluding tert-OH is 1. The Kier molecular flexibility index (Phi) is 5.14. The van der Waals surface area contributed by atoms with Gasteiger partial charge in [0.1, 0.15) is 0 Å². The van der Waals surface area contributed by atoms with Gasteiger partial charge in [-0.3, -0.25) is 0 Å². The molecule has 0 radical (unpaired) electrons. The topological polar surface area (TPSA) is 23.5 Å². The first kappa shape index (κ1) is 14.3. The minimum absolute atomic E-state index is 0.368. The van der Waals surface area contributed by atoms with Gasteiger partial charge in [-0.15, -0.1) is 11.3 Å². The summed E-state index contributed by atoms with van der Waals surface area (Å²) >= 11 is 1.80. The Morgan fingerprint density at radius 3 is 2.58 bits per heavy atom. The summed E-state index contributed by atoms with van der Waals surface area (Å²) in [7, 11) is 2.11. The van der Waals surface area contributed by atoms with Gasteiger partial charge in [-0.05, 0) is 43.0 Å². The molecule has 0 fully saturated rings. The largest absolute Gasteiger partial charge is 0.388 e. The van der Waals surface area contributed by atoms with Crippen molar-refractivity contribution in [3.63, 3.8) is 0 Å². The first-order chi connectivity index (χ1) is 9.16. The minimum atomic E-state index is -0.368. The number of thiophene rings is 1. The van der Waals surface area contributed by atoms with Gasteiger partial charge in [0.25, 0.3) is 0 Å². The molecule has 0 saturated carbocycles. The highest BCUT2D eigenvalue weighted by Gasteiger charge is 2.09. The third-order valence-corrected chi connectivity index (χ3v) is 4.36. The summed E-state index contributed by atoms with van der Waals surface area (Å²) in [5.74, 6) is 0. The van der Waals surface area contributed by atoms with Gasteiger partial charge >= 0.3 is 0 Å². The number of benzene rings is 1. The van der Waals surface area contributed by atoms with E-state index in [9.17, 15) is 5.11 Å². The number of hydrogen-bond donors (Lipinski definition) is 1. The van der Waals surface area contributed by atoms with Crippen molar-refractivity contribution in [1.29, 1.82) is 0 Å². The molecule has 0 aliphatic carbocycles. The van der Waals surface area contributed by atoms with Crippen LogP contribution in [0, 0.1) is 6.92 Å². The molecule has 0 unspecified atom stereocenters. The Labute approximate surface area is 119 Å². The van der Waals surface area contributed by atoms with Crippen LogP contribution in [0.15, 0.2) is 41.8 Å². The Morgan fingerprint density at radius 1 is 1.21 bits per heavy atom. The number of rotatable bonds is 6. The summed E-state index contributed by atoms with van der Waals surface area (Å²) in [4.78, 5) is 3.68. The second-order valence-electron chi connectivity index (χ2n) is 4.98. The fraction of sp³-hybridized carbons (Fsp3) is 0.375. The van der Waals surface area contributed by atoms with Crippen molar-refractivity contribution >= 4 is 11.3 Å². The molecule has 2 aromatic rings. The molecule has 0 amide bonds. The molecular weight excluding hydrogens is 254 g/mol. The quantitative estimate of drug-likeness (QED) is 0.870. The molecule has 0 spiro atoms. The van der Waals surface area contributed by atoms with Gasteiger partial charge in [0.2, 0.25) is 0 Å². The smallest absolute Gasteiger partial charge is 0.0802 e. The zero-order valence-corrected chi connectivity index (χ0v) is 12.4. The maximum Gasteiger partial charge on any atom is 0.0802 e. The summed E-state index contributed by atoms with van der Waals surface area (Å²) in [6.07, 6.45) is 0.401. The SMILES string of the molecule is Cc1ccsc1CN(C)CC[C@H](O)c1ccccc1. The van der Waals surface area contributed by atoms with Gasteiger partial charge in [-0.2, -0.15) is 0 Å². The van der Waals surface area contributed by atoms with Crippen LogP contribution in [-0.4, -0.2) is 23.6 Å². The zero-order valence-electron chi connectivity index (χ0n) is 11.5. The minimum Gasteiger partial charge on any atom is -0.388 e. The van der Waals surface area contributed by atoms with Gasteiger partial charge in [-0.25, -0.2) is 0 Å². The highest BCUT2D eigenvalue weighted by Crippen LogP contribution is 2.19. The van der Waals surface area contributed by atoms with Crippen LogP contribution >= 0.6 is 11.3 Å². The highest BCUT2D eigenvalue weighted by molar-refractivity contribution is 7.10. The van der Waals surface area contributed by atoms with E-state index in [1.165, 1.54) is 10.4 Å². The lowest BCUT2D eigenvalue weighted by molar-refractivity contribution is 0.148. The van der Waals surface area contributed by atoms with Crippen LogP contribution in [-0.2, 0) is 6.54 Å². The number of nitrogens with zero attached hydrogens (tertiary/aromatic N) is 1. The van der Waals surface area contributed by atoms with Crippen LogP contribution in [0.5, 0.6) is 0 Å². The fourth-order valence-corrected chi connectivity index (χ4v) is 3.06. The monoisotopic (exact) mass is 275 g/mol. The summed E-state index contributed by atoms with van der Waals surface area (Å²) < 4.78 is 0. The van der Waals surface area contributed by atoms with Gasteiger partial charge in [-0.1, -0.05) is 30.3 Å². The van der Waals surface area contributed by atoms with E-state index >= 15 is 0 Å². The molecule has 102 valence electrons. The molecular formula is C16H21NOS. The van der Waals surface area contributed by atoms with E-state index in [0.717, 1.165) is 25.1 Å². The van der Waals surface area contributed by atoms with Gasteiger partial charge in [0.15, 0.2) is 0 Å². The number of aryl methyl sites for hydroxylation is 1. The van der Waals surface area contributed by atoms with E-state index in [1.54, 1.807) is 11.3 Å². The lowest BCUT2D eigenvalue weighted by Crippen LogP contribution is -2.20. The Bertz CT molecular complexity index is 494. The Morgan fingerprint density at radius 2 is 1.95 bits per heavy atom. The standard InChI is InChI=1S/C16H21NOS/c1-13-9-11-19-16(13)12-17(2)10-8-15(18)14-6-4-3-5-7-14/h3-7,9,11,15,18H,8,10,12H2,1-2H3/t15-/m0/s1. The second kappa shape index (κ2) is 6.85. The maximum atomic E-state index is 10.1. The van der Waals surface area contributed by atoms with Crippen molar-refractivity contribution < 1.29 is 5.11 Å². The molecule has 0 saturated heterocycles. The van der Waals surface area contributed by atoms with Crippen molar-refractivity contribution in [3.8, 4) is 0 Å². The molecule has 2 rings (SSSR count). The molecule has 3 heteroatoms. The number of hydrogen-bond acceptors (Lipinski definition) is 3. The van der Waals surface area contributed by atoms with E-state index in [2.05, 4.69) is 30.3 Å². The molecule has 1 N–H and O–H groups in total. The molecule has 1 aromatic heterocycles. The van der Waals surface area contributed by atoms with E-state index in [4.69, 9.17) is 0 Å². The van der Waals surface area contributed by atoms with Crippen molar-refractivity contribution in [2.24, 2.45) is 0 Å². The predicted molar refractivity (Wildman–Crippen MR) is 81.4 cm³/mol. The van der Waals surface area contributed by atoms with Crippen molar-refractivity contribution in [2.75, 3.05) is 13.6 Å². The first-order valence-corrected chi connectivity index (χ1v) is 7.49. The molecule has 1 heterocycles. The third-order valence-electron chi connectivity index (χ3n) is 3.35. The van der Waals surface area contributed by atoms with E-state index in [1.807, 2.05) is 30.3 Å². The van der Waals surface area contributed by atoms with Crippen molar-refractivity contribution in [3.05, 3.63) is 57.8 Å². The van der Waals surface area contributed by atoms with Gasteiger partial charge < -0.3 is 10.0 Å². The lowest BCUT2D eigenvalue weighted by Gasteiger charge is -2.18. The van der Waals surface area contributed by atoms with Crippen molar-refractivity contribution in [1.82, 2.24) is 4.90 Å². The van der Waals surface area contributed by atoms with E-state index in [0.29, 0.717) is 0 Å². The van der Waals surface area contributed by atoms with Gasteiger partial charge in [0, 0.05) is 18.0 Å². The average Bonchev–Trinajstić information content (AvgIpc) is 2.82. The lowest BCUT2D eigenvalue weighted by atomic mass is 10.1.